The number of rotatable bonds is 5. The molecule has 1 saturated heterocycles. The number of anilines is 1. The molecule has 0 saturated carbocycles. The van der Waals surface area contributed by atoms with E-state index in [1.807, 2.05) is 42.7 Å². The SMILES string of the molecule is C=CCNC(=O)NC1CCN2C(=O)c3cc(-c4ccc(SC)cc4)ccc3NC(=O)C2C1. The first-order valence-electron chi connectivity index (χ1n) is 10.6. The first-order valence-corrected chi connectivity index (χ1v) is 11.8. The Morgan fingerprint density at radius 1 is 1.22 bits per heavy atom. The van der Waals surface area contributed by atoms with E-state index in [9.17, 15) is 14.4 Å². The van der Waals surface area contributed by atoms with Gasteiger partial charge in [0.1, 0.15) is 6.04 Å². The van der Waals surface area contributed by atoms with E-state index >= 15 is 0 Å². The van der Waals surface area contributed by atoms with E-state index in [2.05, 4.69) is 22.5 Å². The number of piperidine rings is 1. The molecule has 8 heteroatoms. The Hall–Kier alpha value is -3.26. The lowest BCUT2D eigenvalue weighted by Crippen LogP contribution is -2.56. The van der Waals surface area contributed by atoms with Crippen LogP contribution in [0.5, 0.6) is 0 Å². The van der Waals surface area contributed by atoms with E-state index in [1.54, 1.807) is 28.8 Å². The summed E-state index contributed by atoms with van der Waals surface area (Å²) >= 11 is 1.68. The highest BCUT2D eigenvalue weighted by Crippen LogP contribution is 2.32. The van der Waals surface area contributed by atoms with Crippen LogP contribution in [0.3, 0.4) is 0 Å². The number of carbonyl (C=O) groups is 3. The maximum Gasteiger partial charge on any atom is 0.315 e. The fourth-order valence-electron chi connectivity index (χ4n) is 4.15. The molecule has 4 amide bonds. The van der Waals surface area contributed by atoms with Crippen molar-refractivity contribution in [1.82, 2.24) is 15.5 Å². The molecule has 0 aliphatic carbocycles. The minimum Gasteiger partial charge on any atom is -0.335 e. The minimum absolute atomic E-state index is 0.166. The summed E-state index contributed by atoms with van der Waals surface area (Å²) < 4.78 is 0. The largest absolute Gasteiger partial charge is 0.335 e. The van der Waals surface area contributed by atoms with Crippen molar-refractivity contribution in [3.8, 4) is 11.1 Å². The zero-order valence-electron chi connectivity index (χ0n) is 17.9. The smallest absolute Gasteiger partial charge is 0.315 e. The summed E-state index contributed by atoms with van der Waals surface area (Å²) in [6.07, 6.45) is 4.59. The normalized spacial score (nSPS) is 19.8. The Kier molecular flexibility index (Phi) is 6.50. The van der Waals surface area contributed by atoms with E-state index in [0.29, 0.717) is 37.2 Å². The molecular formula is C24H26N4O3S. The van der Waals surface area contributed by atoms with E-state index in [0.717, 1.165) is 11.1 Å². The number of thioether (sulfide) groups is 1. The summed E-state index contributed by atoms with van der Waals surface area (Å²) in [6.45, 7) is 4.34. The molecule has 0 aromatic heterocycles. The van der Waals surface area contributed by atoms with Gasteiger partial charge in [0, 0.05) is 24.0 Å². The fraction of sp³-hybridized carbons (Fsp3) is 0.292. The van der Waals surface area contributed by atoms with Crippen LogP contribution >= 0.6 is 11.8 Å². The number of amides is 4. The Morgan fingerprint density at radius 3 is 2.69 bits per heavy atom. The van der Waals surface area contributed by atoms with Crippen molar-refractivity contribution in [3.05, 3.63) is 60.7 Å². The Balaban J connectivity index is 1.55. The zero-order chi connectivity index (χ0) is 22.7. The molecule has 0 bridgehead atoms. The molecule has 2 aromatic carbocycles. The standard InChI is InChI=1S/C24H26N4O3S/c1-3-11-25-24(31)26-17-10-12-28-21(14-17)22(29)27-20-9-6-16(13-19(20)23(28)30)15-4-7-18(32-2)8-5-15/h3-9,13,17,21H,1,10-12,14H2,2H3,(H,27,29)(H2,25,26,31). The fourth-order valence-corrected chi connectivity index (χ4v) is 4.56. The van der Waals surface area contributed by atoms with Gasteiger partial charge < -0.3 is 20.9 Å². The highest BCUT2D eigenvalue weighted by atomic mass is 32.2. The topological polar surface area (TPSA) is 90.5 Å². The van der Waals surface area contributed by atoms with Crippen LogP contribution in [0.15, 0.2) is 60.0 Å². The van der Waals surface area contributed by atoms with Crippen LogP contribution in [0.4, 0.5) is 10.5 Å². The van der Waals surface area contributed by atoms with E-state index in [4.69, 9.17) is 0 Å². The molecule has 166 valence electrons. The third kappa shape index (κ3) is 4.50. The van der Waals surface area contributed by atoms with Crippen molar-refractivity contribution >= 4 is 35.3 Å². The number of nitrogens with zero attached hydrogens (tertiary/aromatic N) is 1. The summed E-state index contributed by atoms with van der Waals surface area (Å²) in [6, 6.07) is 12.6. The van der Waals surface area contributed by atoms with Gasteiger partial charge in [0.25, 0.3) is 5.91 Å². The number of fused-ring (bicyclic) bond motifs is 2. The highest BCUT2D eigenvalue weighted by Gasteiger charge is 2.40. The summed E-state index contributed by atoms with van der Waals surface area (Å²) in [5.41, 5.74) is 2.95. The second-order valence-corrected chi connectivity index (χ2v) is 8.74. The van der Waals surface area contributed by atoms with Crippen LogP contribution in [-0.2, 0) is 4.79 Å². The first kappa shape index (κ1) is 22.0. The van der Waals surface area contributed by atoms with Gasteiger partial charge in [0.05, 0.1) is 11.3 Å². The van der Waals surface area contributed by atoms with Crippen LogP contribution in [0.1, 0.15) is 23.2 Å². The number of hydrogen-bond acceptors (Lipinski definition) is 4. The summed E-state index contributed by atoms with van der Waals surface area (Å²) in [7, 11) is 0. The molecule has 2 atom stereocenters. The number of nitrogens with one attached hydrogen (secondary N) is 3. The molecule has 1 fully saturated rings. The van der Waals surface area contributed by atoms with E-state index < -0.39 is 6.04 Å². The number of urea groups is 1. The quantitative estimate of drug-likeness (QED) is 0.481. The molecular weight excluding hydrogens is 424 g/mol. The van der Waals surface area contributed by atoms with Crippen molar-refractivity contribution in [2.75, 3.05) is 24.7 Å². The molecule has 0 radical (unpaired) electrons. The summed E-state index contributed by atoms with van der Waals surface area (Å²) in [5.74, 6) is -0.396. The molecule has 2 aliphatic rings. The Bertz CT molecular complexity index is 1050. The van der Waals surface area contributed by atoms with Gasteiger partial charge in [-0.1, -0.05) is 24.3 Å². The van der Waals surface area contributed by atoms with Crippen molar-refractivity contribution in [1.29, 1.82) is 0 Å². The molecule has 32 heavy (non-hydrogen) atoms. The van der Waals surface area contributed by atoms with Gasteiger partial charge in [-0.05, 0) is 54.5 Å². The van der Waals surface area contributed by atoms with Gasteiger partial charge in [-0.15, -0.1) is 18.3 Å². The van der Waals surface area contributed by atoms with Crippen LogP contribution in [-0.4, -0.2) is 54.2 Å². The van der Waals surface area contributed by atoms with Crippen molar-refractivity contribution < 1.29 is 14.4 Å². The van der Waals surface area contributed by atoms with Crippen molar-refractivity contribution in [2.24, 2.45) is 0 Å². The molecule has 7 nitrogen and oxygen atoms in total. The van der Waals surface area contributed by atoms with Gasteiger partial charge in [0.2, 0.25) is 5.91 Å². The Morgan fingerprint density at radius 2 is 1.97 bits per heavy atom. The lowest BCUT2D eigenvalue weighted by Gasteiger charge is -2.37. The van der Waals surface area contributed by atoms with Crippen LogP contribution in [0, 0.1) is 0 Å². The molecule has 2 aliphatic heterocycles. The van der Waals surface area contributed by atoms with Crippen molar-refractivity contribution in [2.45, 2.75) is 29.8 Å². The minimum atomic E-state index is -0.627. The predicted octanol–water partition coefficient (Wildman–Crippen LogP) is 3.49. The highest BCUT2D eigenvalue weighted by molar-refractivity contribution is 7.98. The van der Waals surface area contributed by atoms with Crippen LogP contribution in [0.25, 0.3) is 11.1 Å². The molecule has 2 aromatic rings. The molecule has 2 heterocycles. The second-order valence-electron chi connectivity index (χ2n) is 7.86. The van der Waals surface area contributed by atoms with Crippen LogP contribution in [0.2, 0.25) is 0 Å². The number of carbonyl (C=O) groups excluding carboxylic acids is 3. The lowest BCUT2D eigenvalue weighted by atomic mass is 9.96. The van der Waals surface area contributed by atoms with Gasteiger partial charge in [0.15, 0.2) is 0 Å². The molecule has 4 rings (SSSR count). The molecule has 0 spiro atoms. The average Bonchev–Trinajstić information content (AvgIpc) is 2.92. The predicted molar refractivity (Wildman–Crippen MR) is 127 cm³/mol. The van der Waals surface area contributed by atoms with Gasteiger partial charge in [-0.25, -0.2) is 4.79 Å². The van der Waals surface area contributed by atoms with Crippen molar-refractivity contribution in [3.63, 3.8) is 0 Å². The van der Waals surface area contributed by atoms with Crippen LogP contribution < -0.4 is 16.0 Å². The summed E-state index contributed by atoms with van der Waals surface area (Å²) in [5, 5.41) is 8.47. The maximum absolute atomic E-state index is 13.4. The third-order valence-corrected chi connectivity index (χ3v) is 6.58. The van der Waals surface area contributed by atoms with E-state index in [1.165, 1.54) is 4.90 Å². The molecule has 3 N–H and O–H groups in total. The van der Waals surface area contributed by atoms with Gasteiger partial charge in [-0.3, -0.25) is 9.59 Å². The third-order valence-electron chi connectivity index (χ3n) is 5.84. The molecule has 2 unspecified atom stereocenters. The van der Waals surface area contributed by atoms with Gasteiger partial charge in [-0.2, -0.15) is 0 Å². The maximum atomic E-state index is 13.4. The number of hydrogen-bond donors (Lipinski definition) is 3. The monoisotopic (exact) mass is 450 g/mol. The Labute approximate surface area is 191 Å². The number of benzene rings is 2. The van der Waals surface area contributed by atoms with Gasteiger partial charge >= 0.3 is 6.03 Å². The lowest BCUT2D eigenvalue weighted by molar-refractivity contribution is -0.121. The summed E-state index contributed by atoms with van der Waals surface area (Å²) in [4.78, 5) is 41.1. The van der Waals surface area contributed by atoms with E-state index in [-0.39, 0.29) is 23.9 Å². The zero-order valence-corrected chi connectivity index (χ0v) is 18.7. The average molecular weight is 451 g/mol. The second kappa shape index (κ2) is 9.48. The first-order chi connectivity index (χ1) is 15.5.